The normalized spacial score (nSPS) is 19.0. The van der Waals surface area contributed by atoms with Crippen molar-refractivity contribution in [3.63, 3.8) is 0 Å². The lowest BCUT2D eigenvalue weighted by Gasteiger charge is -2.15. The number of hydrogen-bond donors (Lipinski definition) is 2. The van der Waals surface area contributed by atoms with Gasteiger partial charge in [-0.05, 0) is 25.7 Å². The van der Waals surface area contributed by atoms with Crippen LogP contribution in [0, 0.1) is 17.8 Å². The van der Waals surface area contributed by atoms with Gasteiger partial charge in [-0.1, -0.05) is 25.7 Å². The number of hydrogen-bond acceptors (Lipinski definition) is 2. The Morgan fingerprint density at radius 2 is 2.14 bits per heavy atom. The molecule has 0 heterocycles. The Kier molecular flexibility index (Phi) is 5.66. The summed E-state index contributed by atoms with van der Waals surface area (Å²) in [6.45, 7) is 1.88. The van der Waals surface area contributed by atoms with Crippen LogP contribution in [0.3, 0.4) is 0 Å². The summed E-state index contributed by atoms with van der Waals surface area (Å²) in [6.07, 6.45) is 9.10. The van der Waals surface area contributed by atoms with E-state index in [9.17, 15) is 0 Å². The zero-order chi connectivity index (χ0) is 10.2. The van der Waals surface area contributed by atoms with Crippen LogP contribution in [0.5, 0.6) is 0 Å². The van der Waals surface area contributed by atoms with Gasteiger partial charge >= 0.3 is 0 Å². The fourth-order valence-electron chi connectivity index (χ4n) is 2.21. The zero-order valence-corrected chi connectivity index (χ0v) is 9.18. The van der Waals surface area contributed by atoms with E-state index >= 15 is 0 Å². The molecule has 0 aliphatic heterocycles. The molecular formula is C12H22N2. The molecule has 1 rings (SSSR count). The monoisotopic (exact) mass is 194 g/mol. The van der Waals surface area contributed by atoms with Crippen molar-refractivity contribution >= 4 is 0 Å². The van der Waals surface area contributed by atoms with E-state index in [1.54, 1.807) is 0 Å². The minimum absolute atomic E-state index is 0.392. The van der Waals surface area contributed by atoms with Crippen molar-refractivity contribution in [2.45, 2.75) is 57.9 Å². The van der Waals surface area contributed by atoms with E-state index in [1.807, 2.05) is 6.92 Å². The number of nitrogens with one attached hydrogen (secondary N) is 1. The average Bonchev–Trinajstić information content (AvgIpc) is 2.71. The molecule has 2 heteroatoms. The molecule has 1 aliphatic carbocycles. The first kappa shape index (κ1) is 11.6. The molecule has 3 N–H and O–H groups in total. The van der Waals surface area contributed by atoms with Gasteiger partial charge in [0.05, 0.1) is 0 Å². The molecule has 0 amide bonds. The quantitative estimate of drug-likeness (QED) is 0.400. The van der Waals surface area contributed by atoms with Crippen LogP contribution >= 0.6 is 0 Å². The topological polar surface area (TPSA) is 38.0 Å². The Morgan fingerprint density at radius 1 is 1.43 bits per heavy atom. The van der Waals surface area contributed by atoms with Gasteiger partial charge < -0.3 is 0 Å². The highest BCUT2D eigenvalue weighted by Crippen LogP contribution is 2.29. The third kappa shape index (κ3) is 4.13. The molecule has 0 spiro atoms. The Balaban J connectivity index is 2.14. The van der Waals surface area contributed by atoms with E-state index in [1.165, 1.54) is 38.5 Å². The zero-order valence-electron chi connectivity index (χ0n) is 9.18. The predicted octanol–water partition coefficient (Wildman–Crippen LogP) is 2.20. The maximum absolute atomic E-state index is 5.48. The Bertz CT molecular complexity index is 196. The Labute approximate surface area is 87.6 Å². The molecule has 1 aliphatic rings. The second-order valence-electron chi connectivity index (χ2n) is 4.22. The van der Waals surface area contributed by atoms with Crippen molar-refractivity contribution in [2.24, 2.45) is 11.8 Å². The van der Waals surface area contributed by atoms with E-state index in [0.717, 1.165) is 12.3 Å². The van der Waals surface area contributed by atoms with Gasteiger partial charge in [-0.25, -0.2) is 0 Å². The highest BCUT2D eigenvalue weighted by atomic mass is 15.2. The van der Waals surface area contributed by atoms with E-state index < -0.39 is 0 Å². The van der Waals surface area contributed by atoms with E-state index in [4.69, 9.17) is 5.84 Å². The van der Waals surface area contributed by atoms with Crippen LogP contribution in [0.15, 0.2) is 0 Å². The summed E-state index contributed by atoms with van der Waals surface area (Å²) in [5.41, 5.74) is 2.86. The fraction of sp³-hybridized carbons (Fsp3) is 0.833. The SMILES string of the molecule is CC#CCC(CCC1CCCC1)NN. The fourth-order valence-corrected chi connectivity index (χ4v) is 2.21. The van der Waals surface area contributed by atoms with Crippen LogP contribution < -0.4 is 11.3 Å². The third-order valence-corrected chi connectivity index (χ3v) is 3.16. The summed E-state index contributed by atoms with van der Waals surface area (Å²) in [5.74, 6) is 12.4. The number of rotatable bonds is 5. The smallest absolute Gasteiger partial charge is 0.0320 e. The maximum atomic E-state index is 5.48. The molecular weight excluding hydrogens is 172 g/mol. The summed E-state index contributed by atoms with van der Waals surface area (Å²) in [4.78, 5) is 0. The van der Waals surface area contributed by atoms with Crippen LogP contribution in [0.2, 0.25) is 0 Å². The lowest BCUT2D eigenvalue weighted by atomic mass is 9.97. The van der Waals surface area contributed by atoms with Crippen LogP contribution in [0.25, 0.3) is 0 Å². The Hall–Kier alpha value is -0.520. The molecule has 1 saturated carbocycles. The molecule has 1 unspecified atom stereocenters. The van der Waals surface area contributed by atoms with Crippen LogP contribution in [0.4, 0.5) is 0 Å². The molecule has 0 saturated heterocycles. The summed E-state index contributed by atoms with van der Waals surface area (Å²) in [6, 6.07) is 0.392. The van der Waals surface area contributed by atoms with Gasteiger partial charge in [0.2, 0.25) is 0 Å². The van der Waals surface area contributed by atoms with E-state index in [0.29, 0.717) is 6.04 Å². The molecule has 1 atom stereocenters. The largest absolute Gasteiger partial charge is 0.271 e. The van der Waals surface area contributed by atoms with Crippen molar-refractivity contribution < 1.29 is 0 Å². The summed E-state index contributed by atoms with van der Waals surface area (Å²) < 4.78 is 0. The molecule has 0 aromatic carbocycles. The van der Waals surface area contributed by atoms with Gasteiger partial charge in [0.1, 0.15) is 0 Å². The summed E-state index contributed by atoms with van der Waals surface area (Å²) in [5, 5.41) is 0. The second-order valence-corrected chi connectivity index (χ2v) is 4.22. The van der Waals surface area contributed by atoms with E-state index in [-0.39, 0.29) is 0 Å². The summed E-state index contributed by atoms with van der Waals surface area (Å²) in [7, 11) is 0. The third-order valence-electron chi connectivity index (χ3n) is 3.16. The maximum Gasteiger partial charge on any atom is 0.0320 e. The molecule has 0 aromatic rings. The van der Waals surface area contributed by atoms with Gasteiger partial charge in [-0.2, -0.15) is 0 Å². The van der Waals surface area contributed by atoms with Crippen LogP contribution in [-0.2, 0) is 0 Å². The highest BCUT2D eigenvalue weighted by Gasteiger charge is 2.16. The molecule has 14 heavy (non-hydrogen) atoms. The summed E-state index contributed by atoms with van der Waals surface area (Å²) >= 11 is 0. The lowest BCUT2D eigenvalue weighted by molar-refractivity contribution is 0.412. The molecule has 0 radical (unpaired) electrons. The van der Waals surface area contributed by atoms with Gasteiger partial charge in [-0.15, -0.1) is 11.8 Å². The lowest BCUT2D eigenvalue weighted by Crippen LogP contribution is -2.35. The van der Waals surface area contributed by atoms with Gasteiger partial charge in [0.25, 0.3) is 0 Å². The number of hydrazine groups is 1. The highest BCUT2D eigenvalue weighted by molar-refractivity contribution is 4.97. The first-order chi connectivity index (χ1) is 6.86. The molecule has 0 aromatic heterocycles. The van der Waals surface area contributed by atoms with Crippen LogP contribution in [-0.4, -0.2) is 6.04 Å². The average molecular weight is 194 g/mol. The van der Waals surface area contributed by atoms with Crippen molar-refractivity contribution in [1.29, 1.82) is 0 Å². The number of nitrogens with two attached hydrogens (primary N) is 1. The van der Waals surface area contributed by atoms with Crippen molar-refractivity contribution in [3.8, 4) is 11.8 Å². The second kappa shape index (κ2) is 6.86. The van der Waals surface area contributed by atoms with Crippen molar-refractivity contribution in [1.82, 2.24) is 5.43 Å². The molecule has 0 bridgehead atoms. The first-order valence-electron chi connectivity index (χ1n) is 5.72. The predicted molar refractivity (Wildman–Crippen MR) is 60.4 cm³/mol. The molecule has 1 fully saturated rings. The standard InChI is InChI=1S/C12H22N2/c1-2-3-8-12(14-13)10-9-11-6-4-5-7-11/h11-12,14H,4-10,13H2,1H3. The van der Waals surface area contributed by atoms with Gasteiger partial charge in [0.15, 0.2) is 0 Å². The van der Waals surface area contributed by atoms with Crippen molar-refractivity contribution in [2.75, 3.05) is 0 Å². The molecule has 2 nitrogen and oxygen atoms in total. The van der Waals surface area contributed by atoms with Crippen molar-refractivity contribution in [3.05, 3.63) is 0 Å². The molecule has 80 valence electrons. The van der Waals surface area contributed by atoms with E-state index in [2.05, 4.69) is 17.3 Å². The Morgan fingerprint density at radius 3 is 2.71 bits per heavy atom. The van der Waals surface area contributed by atoms with Crippen LogP contribution in [0.1, 0.15) is 51.9 Å². The first-order valence-corrected chi connectivity index (χ1v) is 5.72. The minimum Gasteiger partial charge on any atom is -0.271 e. The van der Waals surface area contributed by atoms with Gasteiger partial charge in [0, 0.05) is 12.5 Å². The minimum atomic E-state index is 0.392. The van der Waals surface area contributed by atoms with Gasteiger partial charge in [-0.3, -0.25) is 11.3 Å².